The maximum Gasteiger partial charge on any atom is 0.355 e. The SMILES string of the molecule is Cc1cc(CN)cc(C)c1NC(=O)c1cc2c(cc1-c1ccc(C(=O)N[C@@H]3CCOC3)nc1C(=O)O)OCCc1ccsc1-2. The van der Waals surface area contributed by atoms with Crippen LogP contribution in [0.2, 0.25) is 0 Å². The Kier molecular flexibility index (Phi) is 8.17. The van der Waals surface area contributed by atoms with Crippen molar-refractivity contribution >= 4 is 34.8 Å². The number of aromatic carboxylic acids is 1. The number of carboxylic acid groups (broad SMARTS) is 1. The first-order valence-corrected chi connectivity index (χ1v) is 15.2. The summed E-state index contributed by atoms with van der Waals surface area (Å²) in [6.07, 6.45) is 1.37. The van der Waals surface area contributed by atoms with Gasteiger partial charge in [-0.2, -0.15) is 0 Å². The number of nitrogens with one attached hydrogen (secondary N) is 2. The van der Waals surface area contributed by atoms with E-state index in [1.807, 2.05) is 37.4 Å². The van der Waals surface area contributed by atoms with E-state index in [4.69, 9.17) is 15.2 Å². The lowest BCUT2D eigenvalue weighted by Gasteiger charge is -2.19. The van der Waals surface area contributed by atoms with Crippen LogP contribution < -0.4 is 21.1 Å². The molecule has 11 heteroatoms. The van der Waals surface area contributed by atoms with Crippen molar-refractivity contribution in [1.29, 1.82) is 0 Å². The van der Waals surface area contributed by atoms with E-state index in [1.54, 1.807) is 23.5 Å². The number of anilines is 1. The van der Waals surface area contributed by atoms with E-state index in [0.717, 1.165) is 32.7 Å². The van der Waals surface area contributed by atoms with Gasteiger partial charge >= 0.3 is 5.97 Å². The highest BCUT2D eigenvalue weighted by Crippen LogP contribution is 2.43. The number of carboxylic acids is 1. The van der Waals surface area contributed by atoms with Crippen LogP contribution in [0.5, 0.6) is 5.75 Å². The molecule has 0 saturated carbocycles. The summed E-state index contributed by atoms with van der Waals surface area (Å²) in [6.45, 7) is 5.55. The first-order valence-electron chi connectivity index (χ1n) is 14.4. The molecule has 0 radical (unpaired) electrons. The largest absolute Gasteiger partial charge is 0.493 e. The van der Waals surface area contributed by atoms with Gasteiger partial charge in [-0.15, -0.1) is 11.3 Å². The second-order valence-electron chi connectivity index (χ2n) is 11.0. The number of nitrogens with two attached hydrogens (primary N) is 1. The van der Waals surface area contributed by atoms with Gasteiger partial charge in [-0.25, -0.2) is 9.78 Å². The van der Waals surface area contributed by atoms with E-state index in [-0.39, 0.29) is 28.6 Å². The number of thiophene rings is 1. The molecule has 2 aliphatic rings. The number of aryl methyl sites for hydroxylation is 2. The molecule has 0 unspecified atom stereocenters. The number of nitrogens with zero attached hydrogens (tertiary/aromatic N) is 1. The van der Waals surface area contributed by atoms with Crippen molar-refractivity contribution < 1.29 is 29.0 Å². The summed E-state index contributed by atoms with van der Waals surface area (Å²) < 4.78 is 11.4. The van der Waals surface area contributed by atoms with Crippen molar-refractivity contribution in [1.82, 2.24) is 10.3 Å². The van der Waals surface area contributed by atoms with E-state index in [9.17, 15) is 19.5 Å². The lowest BCUT2D eigenvalue weighted by Crippen LogP contribution is -2.35. The Morgan fingerprint density at radius 3 is 2.52 bits per heavy atom. The monoisotopic (exact) mass is 612 g/mol. The average molecular weight is 613 g/mol. The van der Waals surface area contributed by atoms with E-state index < -0.39 is 17.8 Å². The molecular weight excluding hydrogens is 580 g/mol. The predicted molar refractivity (Wildman–Crippen MR) is 168 cm³/mol. The van der Waals surface area contributed by atoms with Crippen molar-refractivity contribution in [2.45, 2.75) is 39.3 Å². The molecule has 2 aliphatic heterocycles. The molecule has 1 fully saturated rings. The van der Waals surface area contributed by atoms with E-state index in [1.165, 1.54) is 12.1 Å². The maximum atomic E-state index is 14.1. The highest BCUT2D eigenvalue weighted by atomic mass is 32.1. The zero-order valence-corrected chi connectivity index (χ0v) is 25.2. The number of aromatic nitrogens is 1. The predicted octanol–water partition coefficient (Wildman–Crippen LogP) is 4.96. The summed E-state index contributed by atoms with van der Waals surface area (Å²) in [5, 5.41) is 18.1. The second kappa shape index (κ2) is 12.2. The van der Waals surface area contributed by atoms with Crippen LogP contribution in [0, 0.1) is 13.8 Å². The van der Waals surface area contributed by atoms with Crippen LogP contribution in [-0.4, -0.2) is 53.7 Å². The molecule has 0 aliphatic carbocycles. The standard InChI is InChI=1S/C33H32N4O6S/c1-17-11-19(15-34)12-18(2)28(17)37-31(38)24-13-25-27(43-9-5-20-7-10-44-30(20)25)14-23(24)22-3-4-26(36-29(22)33(40)41)32(39)35-21-6-8-42-16-21/h3-4,7,10-14,21H,5-6,8-9,15-16,34H2,1-2H3,(H,35,39)(H,37,38)(H,40,41)/t21-/m1/s1. The van der Waals surface area contributed by atoms with Crippen molar-refractivity contribution in [3.63, 3.8) is 0 Å². The Morgan fingerprint density at radius 2 is 1.82 bits per heavy atom. The van der Waals surface area contributed by atoms with E-state index >= 15 is 0 Å². The third-order valence-electron chi connectivity index (χ3n) is 7.94. The van der Waals surface area contributed by atoms with Crippen molar-refractivity contribution in [3.8, 4) is 27.3 Å². The van der Waals surface area contributed by atoms with Gasteiger partial charge in [0, 0.05) is 52.4 Å². The fourth-order valence-electron chi connectivity index (χ4n) is 5.75. The Labute approximate surface area is 258 Å². The molecule has 2 amide bonds. The number of hydrogen-bond acceptors (Lipinski definition) is 8. The van der Waals surface area contributed by atoms with E-state index in [2.05, 4.69) is 15.6 Å². The quantitative estimate of drug-likeness (QED) is 0.229. The Hall–Kier alpha value is -4.58. The molecule has 6 rings (SSSR count). The minimum Gasteiger partial charge on any atom is -0.493 e. The lowest BCUT2D eigenvalue weighted by atomic mass is 9.93. The molecule has 226 valence electrons. The fraction of sp³-hybridized carbons (Fsp3) is 0.273. The molecule has 0 spiro atoms. The summed E-state index contributed by atoms with van der Waals surface area (Å²) in [4.78, 5) is 44.8. The number of amides is 2. The zero-order chi connectivity index (χ0) is 31.0. The number of carbonyl (C=O) groups is 3. The van der Waals surface area contributed by atoms with Crippen molar-refractivity contribution in [3.05, 3.63) is 87.0 Å². The fourth-order valence-corrected chi connectivity index (χ4v) is 6.73. The molecule has 4 aromatic rings. The molecule has 10 nitrogen and oxygen atoms in total. The van der Waals surface area contributed by atoms with Crippen LogP contribution in [0.1, 0.15) is 60.0 Å². The smallest absolute Gasteiger partial charge is 0.355 e. The van der Waals surface area contributed by atoms with Crippen LogP contribution in [0.4, 0.5) is 5.69 Å². The number of hydrogen-bond donors (Lipinski definition) is 4. The number of rotatable bonds is 7. The molecule has 1 atom stereocenters. The van der Waals surface area contributed by atoms with Gasteiger partial charge in [-0.05, 0) is 78.2 Å². The molecule has 4 heterocycles. The van der Waals surface area contributed by atoms with Crippen LogP contribution in [0.3, 0.4) is 0 Å². The minimum absolute atomic E-state index is 0.0375. The summed E-state index contributed by atoms with van der Waals surface area (Å²) in [6, 6.07) is 12.2. The van der Waals surface area contributed by atoms with Gasteiger partial charge in [0.25, 0.3) is 11.8 Å². The highest BCUT2D eigenvalue weighted by molar-refractivity contribution is 7.13. The Bertz CT molecular complexity index is 1770. The third kappa shape index (κ3) is 5.69. The summed E-state index contributed by atoms with van der Waals surface area (Å²) in [5.41, 5.74) is 11.4. The van der Waals surface area contributed by atoms with Crippen molar-refractivity contribution in [2.75, 3.05) is 25.1 Å². The Balaban J connectivity index is 1.47. The maximum absolute atomic E-state index is 14.1. The summed E-state index contributed by atoms with van der Waals surface area (Å²) in [5.74, 6) is -1.70. The van der Waals surface area contributed by atoms with Gasteiger partial charge in [0.15, 0.2) is 5.69 Å². The number of carbonyl (C=O) groups excluding carboxylic acids is 2. The highest BCUT2D eigenvalue weighted by Gasteiger charge is 2.27. The van der Waals surface area contributed by atoms with Gasteiger partial charge in [0.05, 0.1) is 19.3 Å². The molecule has 2 aromatic heterocycles. The number of pyridine rings is 1. The molecule has 5 N–H and O–H groups in total. The third-order valence-corrected chi connectivity index (χ3v) is 8.93. The van der Waals surface area contributed by atoms with Gasteiger partial charge in [0.1, 0.15) is 11.4 Å². The molecule has 44 heavy (non-hydrogen) atoms. The first kappa shape index (κ1) is 29.5. The number of benzene rings is 2. The topological polar surface area (TPSA) is 153 Å². The molecular formula is C33H32N4O6S. The summed E-state index contributed by atoms with van der Waals surface area (Å²) >= 11 is 1.56. The van der Waals surface area contributed by atoms with Crippen LogP contribution in [-0.2, 0) is 17.7 Å². The first-order chi connectivity index (χ1) is 21.2. The molecule has 2 aromatic carbocycles. The molecule has 1 saturated heterocycles. The van der Waals surface area contributed by atoms with Crippen LogP contribution in [0.15, 0.2) is 47.8 Å². The van der Waals surface area contributed by atoms with Gasteiger partial charge in [0.2, 0.25) is 0 Å². The van der Waals surface area contributed by atoms with Crippen LogP contribution >= 0.6 is 11.3 Å². The molecule has 0 bridgehead atoms. The lowest BCUT2D eigenvalue weighted by molar-refractivity contribution is 0.0691. The zero-order valence-electron chi connectivity index (χ0n) is 24.4. The van der Waals surface area contributed by atoms with Gasteiger partial charge < -0.3 is 30.9 Å². The number of ether oxygens (including phenoxy) is 2. The minimum atomic E-state index is -1.33. The van der Waals surface area contributed by atoms with E-state index in [0.29, 0.717) is 56.2 Å². The van der Waals surface area contributed by atoms with Crippen molar-refractivity contribution in [2.24, 2.45) is 5.73 Å². The van der Waals surface area contributed by atoms with Gasteiger partial charge in [-0.3, -0.25) is 9.59 Å². The Morgan fingerprint density at radius 1 is 1.02 bits per heavy atom. The average Bonchev–Trinajstić information content (AvgIpc) is 3.67. The second-order valence-corrected chi connectivity index (χ2v) is 11.9. The normalized spacial score (nSPS) is 15.5. The van der Waals surface area contributed by atoms with Gasteiger partial charge in [-0.1, -0.05) is 12.1 Å². The number of fused-ring (bicyclic) bond motifs is 3. The summed E-state index contributed by atoms with van der Waals surface area (Å²) in [7, 11) is 0. The van der Waals surface area contributed by atoms with Crippen LogP contribution in [0.25, 0.3) is 21.6 Å².